The zero-order valence-corrected chi connectivity index (χ0v) is 12.0. The quantitative estimate of drug-likeness (QED) is 0.759. The van der Waals surface area contributed by atoms with Crippen LogP contribution in [0.15, 0.2) is 24.3 Å². The lowest BCUT2D eigenvalue weighted by atomic mass is 10.2. The van der Waals surface area contributed by atoms with Gasteiger partial charge in [-0.15, -0.1) is 0 Å². The number of carboxylic acids is 1. The summed E-state index contributed by atoms with van der Waals surface area (Å²) in [5, 5.41) is 12.3. The lowest BCUT2D eigenvalue weighted by molar-refractivity contribution is -0.140. The minimum atomic E-state index is -0.937. The summed E-state index contributed by atoms with van der Waals surface area (Å²) in [5.74, 6) is -1.15. The highest BCUT2D eigenvalue weighted by Gasteiger charge is 2.14. The lowest BCUT2D eigenvalue weighted by Crippen LogP contribution is -2.31. The predicted molar refractivity (Wildman–Crippen MR) is 78.6 cm³/mol. The second kappa shape index (κ2) is 6.30. The number of hydrogen-bond acceptors (Lipinski definition) is 3. The molecule has 0 unspecified atom stereocenters. The Hall–Kier alpha value is -2.50. The number of benzene rings is 1. The molecule has 0 bridgehead atoms. The van der Waals surface area contributed by atoms with Crippen LogP contribution >= 0.6 is 0 Å². The Labute approximate surface area is 122 Å². The van der Waals surface area contributed by atoms with E-state index in [4.69, 9.17) is 9.84 Å². The number of aromatic nitrogens is 1. The number of ether oxygens (including phenoxy) is 1. The molecule has 6 heteroatoms. The van der Waals surface area contributed by atoms with Gasteiger partial charge in [0.15, 0.2) is 0 Å². The molecule has 0 aliphatic carbocycles. The van der Waals surface area contributed by atoms with E-state index in [9.17, 15) is 9.59 Å². The molecular weight excluding hydrogens is 272 g/mol. The second-order valence-corrected chi connectivity index (χ2v) is 4.81. The molecule has 0 saturated carbocycles. The second-order valence-electron chi connectivity index (χ2n) is 4.81. The van der Waals surface area contributed by atoms with Crippen LogP contribution in [0.4, 0.5) is 0 Å². The first-order chi connectivity index (χ1) is 10.0. The van der Waals surface area contributed by atoms with E-state index in [1.807, 2.05) is 25.1 Å². The molecule has 0 aliphatic heterocycles. The molecule has 1 aromatic carbocycles. The average Bonchev–Trinajstić information content (AvgIpc) is 2.87. The topological polar surface area (TPSA) is 91.4 Å². The monoisotopic (exact) mass is 290 g/mol. The summed E-state index contributed by atoms with van der Waals surface area (Å²) in [5.41, 5.74) is 1.20. The maximum atomic E-state index is 12.0. The third kappa shape index (κ3) is 3.53. The van der Waals surface area contributed by atoms with Gasteiger partial charge in [-0.3, -0.25) is 9.59 Å². The van der Waals surface area contributed by atoms with E-state index in [-0.39, 0.29) is 12.5 Å². The van der Waals surface area contributed by atoms with Gasteiger partial charge in [0.2, 0.25) is 0 Å². The summed E-state index contributed by atoms with van der Waals surface area (Å²) in [6.45, 7) is 4.12. The summed E-state index contributed by atoms with van der Waals surface area (Å²) < 4.78 is 5.40. The zero-order chi connectivity index (χ0) is 15.4. The molecule has 1 atom stereocenters. The van der Waals surface area contributed by atoms with Crippen LogP contribution < -0.4 is 10.1 Å². The van der Waals surface area contributed by atoms with Gasteiger partial charge >= 0.3 is 5.97 Å². The number of hydrogen-bond donors (Lipinski definition) is 3. The van der Waals surface area contributed by atoms with Crippen molar-refractivity contribution in [2.75, 3.05) is 13.2 Å². The number of amides is 1. The summed E-state index contributed by atoms with van der Waals surface area (Å²) in [7, 11) is 0. The fourth-order valence-electron chi connectivity index (χ4n) is 1.91. The maximum Gasteiger partial charge on any atom is 0.308 e. The van der Waals surface area contributed by atoms with Gasteiger partial charge in [-0.2, -0.15) is 0 Å². The fourth-order valence-corrected chi connectivity index (χ4v) is 1.91. The normalized spacial score (nSPS) is 12.1. The Morgan fingerprint density at radius 2 is 2.14 bits per heavy atom. The Kier molecular flexibility index (Phi) is 4.47. The van der Waals surface area contributed by atoms with Crippen LogP contribution in [0.5, 0.6) is 5.75 Å². The summed E-state index contributed by atoms with van der Waals surface area (Å²) >= 11 is 0. The fraction of sp³-hybridized carbons (Fsp3) is 0.333. The van der Waals surface area contributed by atoms with Crippen molar-refractivity contribution in [2.45, 2.75) is 13.8 Å². The lowest BCUT2D eigenvalue weighted by Gasteiger charge is -2.06. The van der Waals surface area contributed by atoms with Gasteiger partial charge in [0.25, 0.3) is 5.91 Å². The number of fused-ring (bicyclic) bond motifs is 1. The molecule has 2 aromatic rings. The summed E-state index contributed by atoms with van der Waals surface area (Å²) in [4.78, 5) is 25.7. The van der Waals surface area contributed by atoms with E-state index in [0.717, 1.165) is 16.7 Å². The number of H-pyrrole nitrogens is 1. The van der Waals surface area contributed by atoms with E-state index in [2.05, 4.69) is 10.3 Å². The van der Waals surface area contributed by atoms with Gasteiger partial charge in [0.05, 0.1) is 12.5 Å². The van der Waals surface area contributed by atoms with Crippen LogP contribution in [0, 0.1) is 5.92 Å². The van der Waals surface area contributed by atoms with Crippen molar-refractivity contribution in [1.29, 1.82) is 0 Å². The molecular formula is C15H18N2O4. The minimum Gasteiger partial charge on any atom is -0.494 e. The molecule has 1 amide bonds. The van der Waals surface area contributed by atoms with Crippen molar-refractivity contribution in [3.05, 3.63) is 30.0 Å². The Morgan fingerprint density at radius 1 is 1.38 bits per heavy atom. The first-order valence-electron chi connectivity index (χ1n) is 6.77. The number of aliphatic carboxylic acids is 1. The summed E-state index contributed by atoms with van der Waals surface area (Å²) in [6, 6.07) is 7.27. The van der Waals surface area contributed by atoms with Crippen molar-refractivity contribution in [3.63, 3.8) is 0 Å². The number of carboxylic acid groups (broad SMARTS) is 1. The molecule has 0 radical (unpaired) electrons. The van der Waals surface area contributed by atoms with Crippen LogP contribution in [0.1, 0.15) is 24.3 Å². The van der Waals surface area contributed by atoms with E-state index in [1.165, 1.54) is 0 Å². The number of aromatic amines is 1. The third-order valence-electron chi connectivity index (χ3n) is 3.14. The first kappa shape index (κ1) is 14.9. The van der Waals surface area contributed by atoms with Crippen molar-refractivity contribution < 1.29 is 19.4 Å². The van der Waals surface area contributed by atoms with Gasteiger partial charge < -0.3 is 20.1 Å². The molecule has 0 aliphatic rings. The number of carbonyl (C=O) groups is 2. The highest BCUT2D eigenvalue weighted by atomic mass is 16.5. The Morgan fingerprint density at radius 3 is 2.81 bits per heavy atom. The van der Waals surface area contributed by atoms with E-state index in [1.54, 1.807) is 13.0 Å². The van der Waals surface area contributed by atoms with Gasteiger partial charge in [0.1, 0.15) is 11.4 Å². The van der Waals surface area contributed by atoms with Crippen molar-refractivity contribution in [2.24, 2.45) is 5.92 Å². The van der Waals surface area contributed by atoms with Crippen LogP contribution in [0.3, 0.4) is 0 Å². The highest BCUT2D eigenvalue weighted by Crippen LogP contribution is 2.21. The average molecular weight is 290 g/mol. The smallest absolute Gasteiger partial charge is 0.308 e. The first-order valence-corrected chi connectivity index (χ1v) is 6.77. The minimum absolute atomic E-state index is 0.0910. The molecule has 0 spiro atoms. The van der Waals surface area contributed by atoms with Gasteiger partial charge in [-0.05, 0) is 25.1 Å². The number of rotatable bonds is 6. The number of carbonyl (C=O) groups excluding carboxylic acids is 1. The van der Waals surface area contributed by atoms with Gasteiger partial charge in [-0.25, -0.2) is 0 Å². The van der Waals surface area contributed by atoms with Crippen molar-refractivity contribution in [1.82, 2.24) is 10.3 Å². The van der Waals surface area contributed by atoms with Crippen molar-refractivity contribution >= 4 is 22.8 Å². The molecule has 1 heterocycles. The van der Waals surface area contributed by atoms with E-state index < -0.39 is 11.9 Å². The zero-order valence-electron chi connectivity index (χ0n) is 12.0. The maximum absolute atomic E-state index is 12.0. The Balaban J connectivity index is 2.11. The van der Waals surface area contributed by atoms with Crippen LogP contribution in [0.25, 0.3) is 10.9 Å². The largest absolute Gasteiger partial charge is 0.494 e. The molecule has 0 fully saturated rings. The van der Waals surface area contributed by atoms with Gasteiger partial charge in [-0.1, -0.05) is 6.92 Å². The summed E-state index contributed by atoms with van der Waals surface area (Å²) in [6.07, 6.45) is 0. The number of nitrogens with one attached hydrogen (secondary N) is 2. The van der Waals surface area contributed by atoms with Crippen LogP contribution in [0.2, 0.25) is 0 Å². The molecule has 1 aromatic heterocycles. The van der Waals surface area contributed by atoms with E-state index in [0.29, 0.717) is 12.3 Å². The molecule has 0 saturated heterocycles. The van der Waals surface area contributed by atoms with E-state index >= 15 is 0 Å². The molecule has 2 rings (SSSR count). The molecule has 3 N–H and O–H groups in total. The van der Waals surface area contributed by atoms with Gasteiger partial charge in [0, 0.05) is 23.5 Å². The van der Waals surface area contributed by atoms with Crippen LogP contribution in [-0.2, 0) is 4.79 Å². The molecule has 112 valence electrons. The SMILES string of the molecule is CCOc1ccc2cc(C(=O)NC[C@H](C)C(=O)O)[nH]c2c1. The molecule has 21 heavy (non-hydrogen) atoms. The standard InChI is InChI=1S/C15H18N2O4/c1-3-21-11-5-4-10-6-13(17-12(10)7-11)14(18)16-8-9(2)15(19)20/h4-7,9,17H,3,8H2,1-2H3,(H,16,18)(H,19,20)/t9-/m0/s1. The molecule has 6 nitrogen and oxygen atoms in total. The van der Waals surface area contributed by atoms with Crippen molar-refractivity contribution in [3.8, 4) is 5.75 Å². The highest BCUT2D eigenvalue weighted by molar-refractivity contribution is 5.98. The Bertz CT molecular complexity index is 663. The van der Waals surface area contributed by atoms with Crippen LogP contribution in [-0.4, -0.2) is 35.1 Å². The third-order valence-corrected chi connectivity index (χ3v) is 3.14. The predicted octanol–water partition coefficient (Wildman–Crippen LogP) is 2.02.